The van der Waals surface area contributed by atoms with Gasteiger partial charge in [-0.15, -0.1) is 5.10 Å². The Kier molecular flexibility index (Phi) is 4.23. The third-order valence-corrected chi connectivity index (χ3v) is 3.04. The van der Waals surface area contributed by atoms with E-state index in [9.17, 15) is 9.59 Å². The number of aromatic nitrogens is 3. The van der Waals surface area contributed by atoms with Crippen LogP contribution in [-0.4, -0.2) is 32.2 Å². The molecule has 0 bridgehead atoms. The highest BCUT2D eigenvalue weighted by Crippen LogP contribution is 2.21. The minimum atomic E-state index is -1.17. The summed E-state index contributed by atoms with van der Waals surface area (Å²) in [4.78, 5) is 27.0. The SMILES string of the molecule is CC(C)c1nc(C(=O)Nc2ccc(Cl)c(C(=O)O)c2)n[nH]1. The van der Waals surface area contributed by atoms with E-state index in [1.807, 2.05) is 13.8 Å². The van der Waals surface area contributed by atoms with Crippen LogP contribution in [0.2, 0.25) is 5.02 Å². The molecule has 0 spiro atoms. The van der Waals surface area contributed by atoms with Gasteiger partial charge in [-0.25, -0.2) is 9.78 Å². The predicted octanol–water partition coefficient (Wildman–Crippen LogP) is 2.53. The van der Waals surface area contributed by atoms with Crippen molar-refractivity contribution in [1.29, 1.82) is 0 Å². The van der Waals surface area contributed by atoms with Crippen molar-refractivity contribution in [3.63, 3.8) is 0 Å². The Morgan fingerprint density at radius 1 is 1.38 bits per heavy atom. The van der Waals surface area contributed by atoms with Gasteiger partial charge in [0.25, 0.3) is 5.91 Å². The molecule has 1 heterocycles. The molecular weight excluding hydrogens is 296 g/mol. The van der Waals surface area contributed by atoms with Crippen molar-refractivity contribution in [3.05, 3.63) is 40.4 Å². The average molecular weight is 309 g/mol. The van der Waals surface area contributed by atoms with Gasteiger partial charge in [-0.1, -0.05) is 25.4 Å². The number of aromatic carboxylic acids is 1. The quantitative estimate of drug-likeness (QED) is 0.804. The Morgan fingerprint density at radius 2 is 2.10 bits per heavy atom. The molecule has 1 aromatic heterocycles. The highest BCUT2D eigenvalue weighted by Gasteiger charge is 2.16. The molecule has 0 radical (unpaired) electrons. The highest BCUT2D eigenvalue weighted by atomic mass is 35.5. The summed E-state index contributed by atoms with van der Waals surface area (Å²) in [7, 11) is 0. The number of halogens is 1. The van der Waals surface area contributed by atoms with Crippen molar-refractivity contribution in [3.8, 4) is 0 Å². The summed E-state index contributed by atoms with van der Waals surface area (Å²) < 4.78 is 0. The second-order valence-electron chi connectivity index (χ2n) is 4.65. The molecule has 1 amide bonds. The van der Waals surface area contributed by atoms with Gasteiger partial charge in [-0.2, -0.15) is 0 Å². The molecular formula is C13H13ClN4O3. The molecule has 2 rings (SSSR count). The maximum Gasteiger partial charge on any atom is 0.337 e. The van der Waals surface area contributed by atoms with Crippen LogP contribution in [0.15, 0.2) is 18.2 Å². The molecule has 1 aromatic carbocycles. The number of carbonyl (C=O) groups is 2. The topological polar surface area (TPSA) is 108 Å². The van der Waals surface area contributed by atoms with Crippen LogP contribution in [0.4, 0.5) is 5.69 Å². The number of benzene rings is 1. The first-order valence-electron chi connectivity index (χ1n) is 6.15. The van der Waals surface area contributed by atoms with Crippen molar-refractivity contribution in [2.45, 2.75) is 19.8 Å². The van der Waals surface area contributed by atoms with Crippen molar-refractivity contribution in [2.24, 2.45) is 0 Å². The van der Waals surface area contributed by atoms with Crippen LogP contribution in [0.25, 0.3) is 0 Å². The molecule has 0 saturated carbocycles. The Balaban J connectivity index is 2.19. The zero-order chi connectivity index (χ0) is 15.6. The van der Waals surface area contributed by atoms with Crippen LogP contribution < -0.4 is 5.32 Å². The number of amides is 1. The summed E-state index contributed by atoms with van der Waals surface area (Å²) in [5, 5.41) is 18.1. The first kappa shape index (κ1) is 15.0. The smallest absolute Gasteiger partial charge is 0.337 e. The minimum Gasteiger partial charge on any atom is -0.478 e. The average Bonchev–Trinajstić information content (AvgIpc) is 2.90. The van der Waals surface area contributed by atoms with E-state index < -0.39 is 11.9 Å². The molecule has 0 atom stereocenters. The fourth-order valence-electron chi connectivity index (χ4n) is 1.59. The van der Waals surface area contributed by atoms with Crippen LogP contribution in [0.3, 0.4) is 0 Å². The third-order valence-electron chi connectivity index (χ3n) is 2.71. The fourth-order valence-corrected chi connectivity index (χ4v) is 1.79. The summed E-state index contributed by atoms with van der Waals surface area (Å²) in [6, 6.07) is 4.18. The highest BCUT2D eigenvalue weighted by molar-refractivity contribution is 6.33. The van der Waals surface area contributed by atoms with Crippen LogP contribution in [0.5, 0.6) is 0 Å². The Bertz CT molecular complexity index is 696. The normalized spacial score (nSPS) is 10.7. The summed E-state index contributed by atoms with van der Waals surface area (Å²) in [5.41, 5.74) is 0.213. The summed E-state index contributed by atoms with van der Waals surface area (Å²) in [5.74, 6) is -0.992. The van der Waals surface area contributed by atoms with E-state index in [1.54, 1.807) is 0 Å². The lowest BCUT2D eigenvalue weighted by atomic mass is 10.2. The monoisotopic (exact) mass is 308 g/mol. The zero-order valence-electron chi connectivity index (χ0n) is 11.3. The number of carbonyl (C=O) groups excluding carboxylic acids is 1. The van der Waals surface area contributed by atoms with E-state index >= 15 is 0 Å². The van der Waals surface area contributed by atoms with E-state index in [-0.39, 0.29) is 22.3 Å². The number of aromatic amines is 1. The number of carboxylic acids is 1. The van der Waals surface area contributed by atoms with E-state index in [2.05, 4.69) is 20.5 Å². The first-order valence-corrected chi connectivity index (χ1v) is 6.52. The van der Waals surface area contributed by atoms with Gasteiger partial charge < -0.3 is 10.4 Å². The largest absolute Gasteiger partial charge is 0.478 e. The van der Waals surface area contributed by atoms with Crippen molar-refractivity contribution >= 4 is 29.2 Å². The van der Waals surface area contributed by atoms with E-state index in [0.717, 1.165) is 0 Å². The number of nitrogens with zero attached hydrogens (tertiary/aromatic N) is 2. The molecule has 2 aromatic rings. The molecule has 3 N–H and O–H groups in total. The Morgan fingerprint density at radius 3 is 2.67 bits per heavy atom. The second kappa shape index (κ2) is 5.92. The molecule has 0 aliphatic rings. The van der Waals surface area contributed by atoms with E-state index in [4.69, 9.17) is 16.7 Å². The van der Waals surface area contributed by atoms with Gasteiger partial charge >= 0.3 is 5.97 Å². The van der Waals surface area contributed by atoms with Gasteiger partial charge in [0, 0.05) is 11.6 Å². The van der Waals surface area contributed by atoms with Crippen molar-refractivity contribution < 1.29 is 14.7 Å². The number of anilines is 1. The van der Waals surface area contributed by atoms with Crippen molar-refractivity contribution in [2.75, 3.05) is 5.32 Å². The van der Waals surface area contributed by atoms with Gasteiger partial charge in [-0.3, -0.25) is 9.89 Å². The third kappa shape index (κ3) is 3.38. The van der Waals surface area contributed by atoms with E-state index in [1.165, 1.54) is 18.2 Å². The number of hydrogen-bond donors (Lipinski definition) is 3. The Hall–Kier alpha value is -2.41. The molecule has 0 fully saturated rings. The van der Waals surface area contributed by atoms with Gasteiger partial charge in [0.1, 0.15) is 5.82 Å². The first-order chi connectivity index (χ1) is 9.88. The molecule has 0 aliphatic heterocycles. The fraction of sp³-hybridized carbons (Fsp3) is 0.231. The van der Waals surface area contributed by atoms with Gasteiger partial charge in [0.2, 0.25) is 5.82 Å². The van der Waals surface area contributed by atoms with Crippen LogP contribution in [0, 0.1) is 0 Å². The second-order valence-corrected chi connectivity index (χ2v) is 5.06. The summed E-state index contributed by atoms with van der Waals surface area (Å²) >= 11 is 5.76. The minimum absolute atomic E-state index is 0.00877. The molecule has 0 unspecified atom stereocenters. The van der Waals surface area contributed by atoms with Crippen LogP contribution in [0.1, 0.15) is 46.6 Å². The maximum absolute atomic E-state index is 12.0. The maximum atomic E-state index is 12.0. The molecule has 8 heteroatoms. The summed E-state index contributed by atoms with van der Waals surface area (Å²) in [6.45, 7) is 3.83. The molecule has 7 nitrogen and oxygen atoms in total. The molecule has 0 saturated heterocycles. The van der Waals surface area contributed by atoms with Crippen LogP contribution in [-0.2, 0) is 0 Å². The lowest BCUT2D eigenvalue weighted by Crippen LogP contribution is -2.14. The zero-order valence-corrected chi connectivity index (χ0v) is 12.1. The summed E-state index contributed by atoms with van der Waals surface area (Å²) in [6.07, 6.45) is 0. The van der Waals surface area contributed by atoms with Gasteiger partial charge in [0.05, 0.1) is 10.6 Å². The molecule has 0 aliphatic carbocycles. The van der Waals surface area contributed by atoms with Gasteiger partial charge in [0.15, 0.2) is 0 Å². The van der Waals surface area contributed by atoms with Crippen molar-refractivity contribution in [1.82, 2.24) is 15.2 Å². The molecule has 21 heavy (non-hydrogen) atoms. The number of carboxylic acid groups (broad SMARTS) is 1. The Labute approximate surface area is 125 Å². The number of hydrogen-bond acceptors (Lipinski definition) is 4. The molecule has 110 valence electrons. The number of rotatable bonds is 4. The number of H-pyrrole nitrogens is 1. The predicted molar refractivity (Wildman–Crippen MR) is 76.8 cm³/mol. The van der Waals surface area contributed by atoms with Crippen LogP contribution >= 0.6 is 11.6 Å². The standard InChI is InChI=1S/C13H13ClN4O3/c1-6(2)10-16-11(18-17-10)12(19)15-7-3-4-9(14)8(5-7)13(20)21/h3-6H,1-2H3,(H,15,19)(H,20,21)(H,16,17,18). The number of nitrogens with one attached hydrogen (secondary N) is 2. The van der Waals surface area contributed by atoms with Gasteiger partial charge in [-0.05, 0) is 18.2 Å². The van der Waals surface area contributed by atoms with E-state index in [0.29, 0.717) is 11.5 Å². The lowest BCUT2D eigenvalue weighted by molar-refractivity contribution is 0.0696. The lowest BCUT2D eigenvalue weighted by Gasteiger charge is -2.05.